The van der Waals surface area contributed by atoms with Gasteiger partial charge in [0.25, 0.3) is 10.0 Å². The van der Waals surface area contributed by atoms with E-state index in [1.807, 2.05) is 18.2 Å². The van der Waals surface area contributed by atoms with Crippen LogP contribution in [0.4, 0.5) is 5.69 Å². The van der Waals surface area contributed by atoms with Gasteiger partial charge in [-0.25, -0.2) is 8.42 Å². The maximum atomic E-state index is 12.0. The Bertz CT molecular complexity index is 746. The van der Waals surface area contributed by atoms with Crippen molar-refractivity contribution in [3.8, 4) is 0 Å². The van der Waals surface area contributed by atoms with Gasteiger partial charge in [-0.15, -0.1) is 0 Å². The van der Waals surface area contributed by atoms with E-state index in [-0.39, 0.29) is 4.90 Å². The van der Waals surface area contributed by atoms with E-state index in [9.17, 15) is 8.42 Å². The van der Waals surface area contributed by atoms with Crippen molar-refractivity contribution in [2.75, 3.05) is 44.2 Å². The van der Waals surface area contributed by atoms with Crippen molar-refractivity contribution in [1.82, 2.24) is 9.79 Å². The molecule has 1 aliphatic heterocycles. The Hall–Kier alpha value is -1.93. The number of hydrogen-bond donors (Lipinski definition) is 1. The lowest BCUT2D eigenvalue weighted by Crippen LogP contribution is -2.47. The molecule has 1 aliphatic rings. The molecule has 0 aliphatic carbocycles. The molecule has 1 fully saturated rings. The zero-order valence-electron chi connectivity index (χ0n) is 14.0. The number of piperazine rings is 1. The molecule has 2 aromatic rings. The molecule has 0 radical (unpaired) electrons. The SMILES string of the molecule is O=S(=O)(NOCCN1CCN(c2ccccc2)CC1)c1ccccc1. The summed E-state index contributed by atoms with van der Waals surface area (Å²) in [4.78, 5) is 12.2. The topological polar surface area (TPSA) is 61.9 Å². The molecule has 6 nitrogen and oxygen atoms in total. The highest BCUT2D eigenvalue weighted by molar-refractivity contribution is 7.89. The van der Waals surface area contributed by atoms with Gasteiger partial charge >= 0.3 is 0 Å². The van der Waals surface area contributed by atoms with Crippen LogP contribution >= 0.6 is 0 Å². The monoisotopic (exact) mass is 361 g/mol. The van der Waals surface area contributed by atoms with Crippen LogP contribution in [0.5, 0.6) is 0 Å². The van der Waals surface area contributed by atoms with E-state index in [2.05, 4.69) is 26.8 Å². The number of anilines is 1. The van der Waals surface area contributed by atoms with Gasteiger partial charge in [0.15, 0.2) is 0 Å². The normalized spacial score (nSPS) is 16.1. The molecule has 0 unspecified atom stereocenters. The quantitative estimate of drug-likeness (QED) is 0.601. The molecule has 1 heterocycles. The Morgan fingerprint density at radius 3 is 2.12 bits per heavy atom. The van der Waals surface area contributed by atoms with Crippen LogP contribution in [0.15, 0.2) is 65.6 Å². The van der Waals surface area contributed by atoms with Gasteiger partial charge in [-0.3, -0.25) is 9.74 Å². The average molecular weight is 361 g/mol. The van der Waals surface area contributed by atoms with Gasteiger partial charge in [0, 0.05) is 38.4 Å². The van der Waals surface area contributed by atoms with Crippen LogP contribution in [-0.2, 0) is 14.9 Å². The highest BCUT2D eigenvalue weighted by Gasteiger charge is 2.17. The molecule has 1 saturated heterocycles. The second-order valence-corrected chi connectivity index (χ2v) is 7.56. The van der Waals surface area contributed by atoms with Crippen molar-refractivity contribution < 1.29 is 13.3 Å². The lowest BCUT2D eigenvalue weighted by atomic mass is 10.2. The van der Waals surface area contributed by atoms with Gasteiger partial charge < -0.3 is 4.90 Å². The molecule has 0 bridgehead atoms. The Labute approximate surface area is 149 Å². The molecule has 2 aromatic carbocycles. The van der Waals surface area contributed by atoms with E-state index in [0.29, 0.717) is 13.2 Å². The van der Waals surface area contributed by atoms with Crippen molar-refractivity contribution >= 4 is 15.7 Å². The molecular weight excluding hydrogens is 338 g/mol. The van der Waals surface area contributed by atoms with Crippen LogP contribution in [0.3, 0.4) is 0 Å². The van der Waals surface area contributed by atoms with Crippen LogP contribution in [0, 0.1) is 0 Å². The van der Waals surface area contributed by atoms with Crippen molar-refractivity contribution in [1.29, 1.82) is 0 Å². The van der Waals surface area contributed by atoms with Crippen LogP contribution in [-0.4, -0.2) is 52.6 Å². The molecule has 0 atom stereocenters. The number of hydrogen-bond acceptors (Lipinski definition) is 5. The highest BCUT2D eigenvalue weighted by atomic mass is 32.2. The smallest absolute Gasteiger partial charge is 0.262 e. The number of benzene rings is 2. The minimum Gasteiger partial charge on any atom is -0.369 e. The molecule has 0 amide bonds. The Kier molecular flexibility index (Phi) is 6.04. The van der Waals surface area contributed by atoms with Gasteiger partial charge in [0.1, 0.15) is 0 Å². The Morgan fingerprint density at radius 1 is 0.880 bits per heavy atom. The van der Waals surface area contributed by atoms with Crippen LogP contribution in [0.2, 0.25) is 0 Å². The first-order valence-electron chi connectivity index (χ1n) is 8.36. The first kappa shape index (κ1) is 17.9. The fraction of sp³-hybridized carbons (Fsp3) is 0.333. The zero-order chi connectivity index (χ0) is 17.5. The molecule has 1 N–H and O–H groups in total. The largest absolute Gasteiger partial charge is 0.369 e. The lowest BCUT2D eigenvalue weighted by Gasteiger charge is -2.35. The molecule has 0 spiro atoms. The third-order valence-corrected chi connectivity index (χ3v) is 5.46. The average Bonchev–Trinajstić information content (AvgIpc) is 2.67. The van der Waals surface area contributed by atoms with Crippen LogP contribution in [0.25, 0.3) is 0 Å². The summed E-state index contributed by atoms with van der Waals surface area (Å²) >= 11 is 0. The van der Waals surface area contributed by atoms with Crippen molar-refractivity contribution in [3.05, 3.63) is 60.7 Å². The highest BCUT2D eigenvalue weighted by Crippen LogP contribution is 2.15. The van der Waals surface area contributed by atoms with E-state index in [0.717, 1.165) is 26.2 Å². The molecule has 134 valence electrons. The maximum Gasteiger partial charge on any atom is 0.262 e. The first-order valence-corrected chi connectivity index (χ1v) is 9.84. The second kappa shape index (κ2) is 8.44. The number of nitrogens with one attached hydrogen (secondary N) is 1. The summed E-state index contributed by atoms with van der Waals surface area (Å²) in [5, 5.41) is 0. The maximum absolute atomic E-state index is 12.0. The van der Waals surface area contributed by atoms with Crippen molar-refractivity contribution in [2.24, 2.45) is 0 Å². The van der Waals surface area contributed by atoms with Crippen molar-refractivity contribution in [2.45, 2.75) is 4.90 Å². The minimum atomic E-state index is -3.61. The summed E-state index contributed by atoms with van der Waals surface area (Å²) in [5.41, 5.74) is 1.24. The summed E-state index contributed by atoms with van der Waals surface area (Å²) in [6, 6.07) is 18.6. The lowest BCUT2D eigenvalue weighted by molar-refractivity contribution is 0.0689. The van der Waals surface area contributed by atoms with E-state index in [1.54, 1.807) is 18.2 Å². The third-order valence-electron chi connectivity index (χ3n) is 4.23. The Morgan fingerprint density at radius 2 is 1.48 bits per heavy atom. The number of sulfonamides is 1. The summed E-state index contributed by atoms with van der Waals surface area (Å²) in [6.45, 7) is 4.80. The predicted octanol–water partition coefficient (Wildman–Crippen LogP) is 1.72. The predicted molar refractivity (Wildman–Crippen MR) is 97.8 cm³/mol. The van der Waals surface area contributed by atoms with Gasteiger partial charge in [-0.05, 0) is 24.3 Å². The van der Waals surface area contributed by atoms with Crippen LogP contribution in [0.1, 0.15) is 0 Å². The molecule has 0 aromatic heterocycles. The number of rotatable bonds is 7. The summed E-state index contributed by atoms with van der Waals surface area (Å²) in [6.07, 6.45) is 0. The molecule has 7 heteroatoms. The summed E-state index contributed by atoms with van der Waals surface area (Å²) < 4.78 is 24.1. The van der Waals surface area contributed by atoms with Gasteiger partial charge in [-0.1, -0.05) is 41.3 Å². The fourth-order valence-electron chi connectivity index (χ4n) is 2.81. The standard InChI is InChI=1S/C18H23N3O3S/c22-25(23,18-9-5-2-6-10-18)19-24-16-15-20-11-13-21(14-12-20)17-7-3-1-4-8-17/h1-10,19H,11-16H2. The van der Waals surface area contributed by atoms with Crippen molar-refractivity contribution in [3.63, 3.8) is 0 Å². The Balaban J connectivity index is 1.38. The minimum absolute atomic E-state index is 0.200. The third kappa shape index (κ3) is 5.02. The fourth-order valence-corrected chi connectivity index (χ4v) is 3.66. The molecule has 0 saturated carbocycles. The summed E-state index contributed by atoms with van der Waals surface area (Å²) in [5.74, 6) is 0. The van der Waals surface area contributed by atoms with E-state index in [4.69, 9.17) is 4.84 Å². The van der Waals surface area contributed by atoms with Gasteiger partial charge in [-0.2, -0.15) is 0 Å². The summed E-state index contributed by atoms with van der Waals surface area (Å²) in [7, 11) is -3.61. The van der Waals surface area contributed by atoms with Gasteiger partial charge in [0.05, 0.1) is 11.5 Å². The van der Waals surface area contributed by atoms with Gasteiger partial charge in [0.2, 0.25) is 0 Å². The number of nitrogens with zero attached hydrogens (tertiary/aromatic N) is 2. The van der Waals surface area contributed by atoms with Crippen LogP contribution < -0.4 is 9.79 Å². The molecular formula is C18H23N3O3S. The van der Waals surface area contributed by atoms with E-state index in [1.165, 1.54) is 17.8 Å². The first-order chi connectivity index (χ1) is 12.1. The molecule has 25 heavy (non-hydrogen) atoms. The molecule has 3 rings (SSSR count). The van der Waals surface area contributed by atoms with E-state index < -0.39 is 10.0 Å². The number of para-hydroxylation sites is 1. The second-order valence-electron chi connectivity index (χ2n) is 5.91. The zero-order valence-corrected chi connectivity index (χ0v) is 14.9. The van der Waals surface area contributed by atoms with E-state index >= 15 is 0 Å².